The highest BCUT2D eigenvalue weighted by Crippen LogP contribution is 2.62. The van der Waals surface area contributed by atoms with E-state index in [4.69, 9.17) is 23.7 Å². The zero-order valence-corrected chi connectivity index (χ0v) is 27.4. The fourth-order valence-corrected chi connectivity index (χ4v) is 9.43. The molecule has 5 aliphatic rings. The van der Waals surface area contributed by atoms with E-state index in [2.05, 4.69) is 11.4 Å². The SMILES string of the molecule is COc1c(C)cc2c(c1O)C1NC(C2)[C@H](C#N)N2C1[C@@H]1SCC(NC(=O)C(F)(F)F)C(=O)OC[C@@H]2c2c3c(c(C)c(OC(C)=O)c21)OCO3. The number of methoxy groups -OCH3 is 1. The van der Waals surface area contributed by atoms with Gasteiger partial charge in [-0.05, 0) is 31.4 Å². The van der Waals surface area contributed by atoms with Crippen molar-refractivity contribution in [1.82, 2.24) is 15.5 Å². The van der Waals surface area contributed by atoms with E-state index in [-0.39, 0.29) is 24.0 Å². The highest BCUT2D eigenvalue weighted by Gasteiger charge is 2.59. The van der Waals surface area contributed by atoms with Crippen LogP contribution in [0.15, 0.2) is 6.07 Å². The zero-order chi connectivity index (χ0) is 35.1. The number of nitrogens with zero attached hydrogens (tertiary/aromatic N) is 2. The number of ether oxygens (including phenoxy) is 5. The third-order valence-corrected chi connectivity index (χ3v) is 11.1. The Labute approximate surface area is 281 Å². The number of thioether (sulfide) groups is 1. The fourth-order valence-electron chi connectivity index (χ4n) is 7.91. The summed E-state index contributed by atoms with van der Waals surface area (Å²) in [6, 6.07) is -1.10. The number of phenolic OH excluding ortho intramolecular Hbond substituents is 1. The molecule has 7 atom stereocenters. The molecule has 7 rings (SSSR count). The van der Waals surface area contributed by atoms with Gasteiger partial charge in [-0.3, -0.25) is 14.5 Å². The highest BCUT2D eigenvalue weighted by molar-refractivity contribution is 7.99. The maximum atomic E-state index is 13.3. The van der Waals surface area contributed by atoms with Crippen molar-refractivity contribution in [2.45, 2.75) is 74.9 Å². The van der Waals surface area contributed by atoms with Crippen LogP contribution in [0.1, 0.15) is 57.6 Å². The molecule has 5 aliphatic heterocycles. The lowest BCUT2D eigenvalue weighted by molar-refractivity contribution is -0.175. The van der Waals surface area contributed by atoms with E-state index in [9.17, 15) is 37.9 Å². The number of nitriles is 1. The molecule has 2 aromatic carbocycles. The van der Waals surface area contributed by atoms with E-state index in [0.717, 1.165) is 17.3 Å². The number of esters is 2. The molecule has 13 nitrogen and oxygen atoms in total. The van der Waals surface area contributed by atoms with E-state index >= 15 is 0 Å². The van der Waals surface area contributed by atoms with Gasteiger partial charge in [0.15, 0.2) is 23.0 Å². The number of hydrogen-bond acceptors (Lipinski definition) is 13. The van der Waals surface area contributed by atoms with Crippen LogP contribution in [0.4, 0.5) is 13.2 Å². The molecule has 0 saturated carbocycles. The number of amides is 1. The van der Waals surface area contributed by atoms with Crippen LogP contribution in [0.3, 0.4) is 0 Å². The second kappa shape index (κ2) is 11.9. The Bertz CT molecular complexity index is 1830. The van der Waals surface area contributed by atoms with E-state index < -0.39 is 77.9 Å². The van der Waals surface area contributed by atoms with Crippen LogP contribution in [-0.4, -0.2) is 84.5 Å². The summed E-state index contributed by atoms with van der Waals surface area (Å²) in [7, 11) is 1.43. The molecular weight excluding hydrogens is 673 g/mol. The molecule has 260 valence electrons. The number of aromatic hydroxyl groups is 1. The van der Waals surface area contributed by atoms with Crippen molar-refractivity contribution in [3.63, 3.8) is 0 Å². The van der Waals surface area contributed by atoms with Crippen molar-refractivity contribution < 1.29 is 56.3 Å². The summed E-state index contributed by atoms with van der Waals surface area (Å²) in [6.45, 7) is 4.06. The van der Waals surface area contributed by atoms with Crippen LogP contribution in [0.25, 0.3) is 0 Å². The Balaban J connectivity index is 1.49. The molecule has 3 N–H and O–H groups in total. The van der Waals surface area contributed by atoms with Gasteiger partial charge in [0.05, 0.1) is 30.5 Å². The van der Waals surface area contributed by atoms with Gasteiger partial charge >= 0.3 is 24.0 Å². The Morgan fingerprint density at radius 2 is 1.90 bits per heavy atom. The first kappa shape index (κ1) is 33.1. The quantitative estimate of drug-likeness (QED) is 0.315. The van der Waals surface area contributed by atoms with Crippen LogP contribution in [0.2, 0.25) is 0 Å². The molecule has 4 unspecified atom stereocenters. The Morgan fingerprint density at radius 3 is 2.57 bits per heavy atom. The number of piperazine rings is 1. The van der Waals surface area contributed by atoms with Crippen LogP contribution >= 0.6 is 11.8 Å². The smallest absolute Gasteiger partial charge is 0.471 e. The second-order valence-corrected chi connectivity index (χ2v) is 13.7. The van der Waals surface area contributed by atoms with Gasteiger partial charge in [-0.25, -0.2) is 4.79 Å². The molecule has 2 aromatic rings. The number of cyclic esters (lactones) is 1. The number of carbonyl (C=O) groups is 3. The summed E-state index contributed by atoms with van der Waals surface area (Å²) >= 11 is 1.02. The molecule has 0 aromatic heterocycles. The number of carbonyl (C=O) groups excluding carboxylic acids is 3. The van der Waals surface area contributed by atoms with Crippen LogP contribution in [0, 0.1) is 25.2 Å². The molecule has 2 saturated heterocycles. The lowest BCUT2D eigenvalue weighted by atomic mass is 9.72. The third-order valence-electron chi connectivity index (χ3n) is 9.71. The first-order valence-electron chi connectivity index (χ1n) is 15.4. The van der Waals surface area contributed by atoms with Crippen LogP contribution in [-0.2, 0) is 25.5 Å². The van der Waals surface area contributed by atoms with E-state index in [1.807, 2.05) is 11.0 Å². The van der Waals surface area contributed by atoms with Crippen molar-refractivity contribution in [2.75, 3.05) is 26.3 Å². The van der Waals surface area contributed by atoms with Gasteiger partial charge in [-0.2, -0.15) is 18.4 Å². The largest absolute Gasteiger partial charge is 0.504 e. The van der Waals surface area contributed by atoms with Gasteiger partial charge in [0, 0.05) is 47.0 Å². The monoisotopic (exact) mass is 704 g/mol. The standard InChI is InChI=1S/C32H31F3N4O9S/c1-11-5-14-6-15-17(7-36)39-18-8-45-30(42)16(38-31(43)32(33,34)35)9-49-29(23(39)22(37-15)19(14)24(41)25(11)44-4)21-20(18)28-27(46-10-47-28)12(2)26(21)48-13(3)40/h5,15-18,22-23,29,37,41H,6,8-10H2,1-4H3,(H,38,43)/t15?,16?,17-,18+,22?,23?,29+/m0/s1. The van der Waals surface area contributed by atoms with Crippen molar-refractivity contribution in [3.8, 4) is 34.8 Å². The van der Waals surface area contributed by atoms with Crippen molar-refractivity contribution in [3.05, 3.63) is 39.4 Å². The first-order valence-corrected chi connectivity index (χ1v) is 16.4. The van der Waals surface area contributed by atoms with Crippen molar-refractivity contribution in [2.24, 2.45) is 0 Å². The molecular formula is C32H31F3N4O9S. The van der Waals surface area contributed by atoms with Crippen LogP contribution < -0.4 is 29.6 Å². The summed E-state index contributed by atoms with van der Waals surface area (Å²) in [6.07, 6.45) is -4.90. The van der Waals surface area contributed by atoms with E-state index in [1.165, 1.54) is 14.0 Å². The first-order chi connectivity index (χ1) is 23.3. The number of aryl methyl sites for hydroxylation is 1. The van der Waals surface area contributed by atoms with Gasteiger partial charge in [0.1, 0.15) is 24.4 Å². The summed E-state index contributed by atoms with van der Waals surface area (Å²) < 4.78 is 68.9. The fraction of sp³-hybridized carbons (Fsp3) is 0.500. The number of alkyl halides is 3. The van der Waals surface area contributed by atoms with Gasteiger partial charge in [0.25, 0.3) is 0 Å². The maximum Gasteiger partial charge on any atom is 0.471 e. The van der Waals surface area contributed by atoms with Gasteiger partial charge in [-0.15, -0.1) is 11.8 Å². The molecule has 0 aliphatic carbocycles. The minimum atomic E-state index is -5.26. The molecule has 17 heteroatoms. The number of halogens is 3. The molecule has 49 heavy (non-hydrogen) atoms. The lowest BCUT2D eigenvalue weighted by Crippen LogP contribution is -2.69. The zero-order valence-electron chi connectivity index (χ0n) is 26.6. The Morgan fingerprint density at radius 1 is 1.16 bits per heavy atom. The highest BCUT2D eigenvalue weighted by atomic mass is 32.2. The van der Waals surface area contributed by atoms with Crippen LogP contribution in [0.5, 0.6) is 28.7 Å². The molecule has 0 spiro atoms. The topological polar surface area (TPSA) is 169 Å². The lowest BCUT2D eigenvalue weighted by Gasteiger charge is -2.59. The van der Waals surface area contributed by atoms with Crippen molar-refractivity contribution >= 4 is 29.6 Å². The van der Waals surface area contributed by atoms with E-state index in [1.54, 1.807) is 19.2 Å². The maximum absolute atomic E-state index is 13.3. The predicted molar refractivity (Wildman–Crippen MR) is 163 cm³/mol. The number of phenols is 1. The average Bonchev–Trinajstić information content (AvgIpc) is 3.53. The molecule has 0 radical (unpaired) electrons. The number of fused-ring (bicyclic) bond motifs is 9. The van der Waals surface area contributed by atoms with Gasteiger partial charge < -0.3 is 39.4 Å². The van der Waals surface area contributed by atoms with E-state index in [0.29, 0.717) is 45.7 Å². The van der Waals surface area contributed by atoms with Gasteiger partial charge in [-0.1, -0.05) is 6.07 Å². The summed E-state index contributed by atoms with van der Waals surface area (Å²) in [5.74, 6) is -3.56. The molecule has 4 bridgehead atoms. The Kier molecular flexibility index (Phi) is 8.03. The second-order valence-electron chi connectivity index (χ2n) is 12.5. The summed E-state index contributed by atoms with van der Waals surface area (Å²) in [5.41, 5.74) is 3.30. The van der Waals surface area contributed by atoms with Crippen molar-refractivity contribution in [1.29, 1.82) is 5.26 Å². The third kappa shape index (κ3) is 5.10. The molecule has 5 heterocycles. The number of hydrogen-bond donors (Lipinski definition) is 3. The normalized spacial score (nSPS) is 28.3. The van der Waals surface area contributed by atoms with Gasteiger partial charge in [0.2, 0.25) is 6.79 Å². The number of benzene rings is 2. The molecule has 2 fully saturated rings. The molecule has 1 amide bonds. The minimum absolute atomic E-state index is 0.106. The summed E-state index contributed by atoms with van der Waals surface area (Å²) in [5, 5.41) is 26.8. The summed E-state index contributed by atoms with van der Waals surface area (Å²) in [4.78, 5) is 39.8. The number of nitrogens with one attached hydrogen (secondary N) is 2. The Hall–Kier alpha value is -4.40. The number of rotatable bonds is 3. The average molecular weight is 705 g/mol. The predicted octanol–water partition coefficient (Wildman–Crippen LogP) is 2.94. The minimum Gasteiger partial charge on any atom is -0.504 e.